The number of methoxy groups -OCH3 is 1. The molecule has 3 rings (SSSR count). The number of aromatic amines is 1. The van der Waals surface area contributed by atoms with Crippen molar-refractivity contribution in [1.82, 2.24) is 14.8 Å². The number of carbonyl (C=O) groups is 2. The van der Waals surface area contributed by atoms with Crippen LogP contribution in [0.3, 0.4) is 0 Å². The van der Waals surface area contributed by atoms with Gasteiger partial charge in [0.25, 0.3) is 0 Å². The molecule has 1 N–H and O–H groups in total. The van der Waals surface area contributed by atoms with Crippen molar-refractivity contribution in [2.45, 2.75) is 34.2 Å². The Bertz CT molecular complexity index is 943. The molecule has 7 nitrogen and oxygen atoms in total. The van der Waals surface area contributed by atoms with Gasteiger partial charge in [0.05, 0.1) is 31.4 Å². The van der Waals surface area contributed by atoms with Gasteiger partial charge in [-0.25, -0.2) is 4.79 Å². The molecule has 1 aromatic carbocycles. The molecule has 0 amide bonds. The van der Waals surface area contributed by atoms with Gasteiger partial charge in [0.2, 0.25) is 0 Å². The molecule has 0 spiro atoms. The highest BCUT2D eigenvalue weighted by Crippen LogP contribution is 2.23. The molecule has 1 aliphatic heterocycles. The van der Waals surface area contributed by atoms with Crippen LogP contribution in [0.1, 0.15) is 50.2 Å². The number of nitrogens with one attached hydrogen (secondary N) is 1. The van der Waals surface area contributed by atoms with Crippen molar-refractivity contribution in [3.05, 3.63) is 51.8 Å². The maximum absolute atomic E-state index is 13.1. The number of nitrogens with zero attached hydrogens (tertiary/aromatic N) is 2. The van der Waals surface area contributed by atoms with Crippen molar-refractivity contribution in [1.29, 1.82) is 0 Å². The molecular formula is C24H33N3O4. The lowest BCUT2D eigenvalue weighted by Gasteiger charge is -2.34. The van der Waals surface area contributed by atoms with Gasteiger partial charge < -0.3 is 14.5 Å². The monoisotopic (exact) mass is 427 g/mol. The fourth-order valence-electron chi connectivity index (χ4n) is 4.25. The molecule has 1 fully saturated rings. The van der Waals surface area contributed by atoms with Crippen LogP contribution in [0.4, 0.5) is 0 Å². The van der Waals surface area contributed by atoms with Crippen LogP contribution in [0.5, 0.6) is 5.75 Å². The average Bonchev–Trinajstić information content (AvgIpc) is 3.03. The lowest BCUT2D eigenvalue weighted by molar-refractivity contribution is 0.0521. The lowest BCUT2D eigenvalue weighted by atomic mass is 10.0. The van der Waals surface area contributed by atoms with E-state index in [0.717, 1.165) is 44.2 Å². The largest absolute Gasteiger partial charge is 0.496 e. The Balaban J connectivity index is 1.61. The third kappa shape index (κ3) is 5.35. The van der Waals surface area contributed by atoms with Gasteiger partial charge in [0.15, 0.2) is 5.78 Å². The second kappa shape index (κ2) is 10.1. The quantitative estimate of drug-likeness (QED) is 0.515. The number of aromatic nitrogens is 1. The number of hydrogen-bond acceptors (Lipinski definition) is 6. The van der Waals surface area contributed by atoms with Crippen molar-refractivity contribution >= 4 is 11.8 Å². The van der Waals surface area contributed by atoms with Crippen molar-refractivity contribution in [3.63, 3.8) is 0 Å². The first-order valence-corrected chi connectivity index (χ1v) is 10.8. The minimum absolute atomic E-state index is 0.0429. The Morgan fingerprint density at radius 1 is 1.00 bits per heavy atom. The minimum Gasteiger partial charge on any atom is -0.496 e. The van der Waals surface area contributed by atoms with Crippen molar-refractivity contribution in [2.75, 3.05) is 46.4 Å². The molecule has 0 radical (unpaired) electrons. The van der Waals surface area contributed by atoms with Gasteiger partial charge in [-0.2, -0.15) is 0 Å². The number of esters is 1. The van der Waals surface area contributed by atoms with Crippen LogP contribution in [0.25, 0.3) is 0 Å². The molecule has 168 valence electrons. The van der Waals surface area contributed by atoms with Gasteiger partial charge in [-0.3, -0.25) is 14.6 Å². The predicted octanol–water partition coefficient (Wildman–Crippen LogP) is 3.13. The summed E-state index contributed by atoms with van der Waals surface area (Å²) in [6.45, 7) is 12.2. The van der Waals surface area contributed by atoms with Crippen LogP contribution in [0, 0.1) is 20.8 Å². The van der Waals surface area contributed by atoms with Crippen LogP contribution in [0.15, 0.2) is 18.2 Å². The molecule has 2 heterocycles. The summed E-state index contributed by atoms with van der Waals surface area (Å²) in [6, 6.07) is 6.24. The van der Waals surface area contributed by atoms with Crippen LogP contribution in [0.2, 0.25) is 0 Å². The lowest BCUT2D eigenvalue weighted by Crippen LogP contribution is -2.47. The molecule has 1 aromatic heterocycles. The number of ether oxygens (including phenoxy) is 2. The summed E-state index contributed by atoms with van der Waals surface area (Å²) in [6.07, 6.45) is 0. The van der Waals surface area contributed by atoms with Crippen LogP contribution >= 0.6 is 0 Å². The third-order valence-electron chi connectivity index (χ3n) is 5.80. The van der Waals surface area contributed by atoms with E-state index in [4.69, 9.17) is 9.47 Å². The fraction of sp³-hybridized carbons (Fsp3) is 0.500. The minimum atomic E-state index is -0.440. The van der Waals surface area contributed by atoms with E-state index in [1.165, 1.54) is 11.1 Å². The first kappa shape index (κ1) is 23.0. The molecule has 7 heteroatoms. The third-order valence-corrected chi connectivity index (χ3v) is 5.80. The Morgan fingerprint density at radius 3 is 2.29 bits per heavy atom. The Hall–Kier alpha value is -2.64. The van der Waals surface area contributed by atoms with E-state index in [0.29, 0.717) is 23.4 Å². The van der Waals surface area contributed by atoms with Gasteiger partial charge in [-0.15, -0.1) is 0 Å². The maximum atomic E-state index is 13.1. The summed E-state index contributed by atoms with van der Waals surface area (Å²) in [7, 11) is 1.70. The molecule has 0 bridgehead atoms. The fourth-order valence-corrected chi connectivity index (χ4v) is 4.25. The zero-order chi connectivity index (χ0) is 22.5. The molecule has 0 unspecified atom stereocenters. The summed E-state index contributed by atoms with van der Waals surface area (Å²) in [4.78, 5) is 33.1. The molecule has 1 aliphatic rings. The highest BCUT2D eigenvalue weighted by molar-refractivity contribution is 6.09. The van der Waals surface area contributed by atoms with E-state index in [2.05, 4.69) is 33.8 Å². The second-order valence-corrected chi connectivity index (χ2v) is 8.14. The predicted molar refractivity (Wildman–Crippen MR) is 120 cm³/mol. The molecule has 0 atom stereocenters. The highest BCUT2D eigenvalue weighted by Gasteiger charge is 2.27. The van der Waals surface area contributed by atoms with E-state index >= 15 is 0 Å². The van der Waals surface area contributed by atoms with E-state index in [1.54, 1.807) is 21.0 Å². The standard InChI is InChI=1S/C24H33N3O4/c1-6-31-24(29)23-18(4)25-17(3)22(23)20(28)15-27-11-9-26(10-12-27)14-19-13-16(2)7-8-21(19)30-5/h7-8,13,25H,6,9-12,14-15H2,1-5H3. The van der Waals surface area contributed by atoms with Gasteiger partial charge in [0.1, 0.15) is 5.75 Å². The highest BCUT2D eigenvalue weighted by atomic mass is 16.5. The van der Waals surface area contributed by atoms with Gasteiger partial charge in [-0.05, 0) is 33.8 Å². The smallest absolute Gasteiger partial charge is 0.340 e. The number of ketones is 1. The molecule has 0 saturated carbocycles. The van der Waals surface area contributed by atoms with Crippen molar-refractivity contribution in [3.8, 4) is 5.75 Å². The number of carbonyl (C=O) groups excluding carboxylic acids is 2. The van der Waals surface area contributed by atoms with Crippen molar-refractivity contribution in [2.24, 2.45) is 0 Å². The molecule has 2 aromatic rings. The zero-order valence-electron chi connectivity index (χ0n) is 19.2. The average molecular weight is 428 g/mol. The number of aryl methyl sites for hydroxylation is 3. The summed E-state index contributed by atoms with van der Waals surface area (Å²) < 4.78 is 10.7. The molecule has 0 aliphatic carbocycles. The topological polar surface area (TPSA) is 74.9 Å². The van der Waals surface area contributed by atoms with E-state index in [9.17, 15) is 9.59 Å². The van der Waals surface area contributed by atoms with E-state index in [1.807, 2.05) is 13.0 Å². The van der Waals surface area contributed by atoms with Crippen LogP contribution < -0.4 is 4.74 Å². The van der Waals surface area contributed by atoms with Gasteiger partial charge in [0, 0.05) is 49.7 Å². The number of hydrogen-bond donors (Lipinski definition) is 1. The first-order valence-electron chi connectivity index (χ1n) is 10.8. The van der Waals surface area contributed by atoms with E-state index in [-0.39, 0.29) is 12.4 Å². The molecule has 31 heavy (non-hydrogen) atoms. The number of benzene rings is 1. The Labute approximate surface area is 184 Å². The van der Waals surface area contributed by atoms with Gasteiger partial charge in [-0.1, -0.05) is 17.7 Å². The van der Waals surface area contributed by atoms with Crippen LogP contribution in [-0.2, 0) is 11.3 Å². The number of piperazine rings is 1. The number of H-pyrrole nitrogens is 1. The maximum Gasteiger partial charge on any atom is 0.340 e. The summed E-state index contributed by atoms with van der Waals surface area (Å²) >= 11 is 0. The van der Waals surface area contributed by atoms with Gasteiger partial charge >= 0.3 is 5.97 Å². The van der Waals surface area contributed by atoms with Crippen LogP contribution in [-0.4, -0.2) is 73.0 Å². The normalized spacial score (nSPS) is 15.1. The Morgan fingerprint density at radius 2 is 1.65 bits per heavy atom. The van der Waals surface area contributed by atoms with Crippen molar-refractivity contribution < 1.29 is 19.1 Å². The molecule has 1 saturated heterocycles. The Kier molecular flexibility index (Phi) is 7.51. The second-order valence-electron chi connectivity index (χ2n) is 8.14. The SMILES string of the molecule is CCOC(=O)c1c(C)[nH]c(C)c1C(=O)CN1CCN(Cc2cc(C)ccc2OC)CC1. The first-order chi connectivity index (χ1) is 14.8. The van der Waals surface area contributed by atoms with E-state index < -0.39 is 5.97 Å². The summed E-state index contributed by atoms with van der Waals surface area (Å²) in [5.41, 5.74) is 4.63. The zero-order valence-corrected chi connectivity index (χ0v) is 19.2. The summed E-state index contributed by atoms with van der Waals surface area (Å²) in [5, 5.41) is 0. The number of rotatable bonds is 8. The summed E-state index contributed by atoms with van der Waals surface area (Å²) in [5.74, 6) is 0.427. The molecular weight excluding hydrogens is 394 g/mol. The number of Topliss-reactive ketones (excluding diaryl/α,β-unsaturated/α-hetero) is 1.